The van der Waals surface area contributed by atoms with E-state index in [-0.39, 0.29) is 23.8 Å². The number of nitrogen functional groups attached to an aromatic ring is 1. The van der Waals surface area contributed by atoms with E-state index in [9.17, 15) is 4.79 Å². The molecule has 0 bridgehead atoms. The number of anilines is 2. The van der Waals surface area contributed by atoms with Crippen LogP contribution in [0.3, 0.4) is 0 Å². The molecule has 0 aliphatic carbocycles. The molecule has 102 valence electrons. The first-order valence-corrected chi connectivity index (χ1v) is 7.97. The van der Waals surface area contributed by atoms with Gasteiger partial charge in [0.25, 0.3) is 5.91 Å². The van der Waals surface area contributed by atoms with Gasteiger partial charge in [0, 0.05) is 17.8 Å². The van der Waals surface area contributed by atoms with Crippen molar-refractivity contribution in [2.45, 2.75) is 32.9 Å². The molecule has 0 aliphatic heterocycles. The SMILES string of the molecule is CSCC(C)NC(=O)c1sc(NC(C)C)nc1N. The van der Waals surface area contributed by atoms with Gasteiger partial charge in [0.15, 0.2) is 5.13 Å². The number of rotatable bonds is 6. The van der Waals surface area contributed by atoms with E-state index in [0.29, 0.717) is 10.0 Å². The number of hydrogen-bond donors (Lipinski definition) is 3. The second-order valence-electron chi connectivity index (χ2n) is 4.36. The van der Waals surface area contributed by atoms with Crippen molar-refractivity contribution < 1.29 is 4.79 Å². The first-order chi connectivity index (χ1) is 8.43. The number of thiazole rings is 1. The Morgan fingerprint density at radius 3 is 2.72 bits per heavy atom. The van der Waals surface area contributed by atoms with E-state index < -0.39 is 0 Å². The van der Waals surface area contributed by atoms with Crippen LogP contribution in [-0.2, 0) is 0 Å². The number of nitrogens with zero attached hydrogens (tertiary/aromatic N) is 1. The molecule has 0 aliphatic rings. The summed E-state index contributed by atoms with van der Waals surface area (Å²) in [5.74, 6) is 1.02. The van der Waals surface area contributed by atoms with Gasteiger partial charge in [0.05, 0.1) is 0 Å². The van der Waals surface area contributed by atoms with E-state index in [2.05, 4.69) is 15.6 Å². The Kier molecular flexibility index (Phi) is 5.74. The van der Waals surface area contributed by atoms with Crippen molar-refractivity contribution in [2.75, 3.05) is 23.1 Å². The number of nitrogens with two attached hydrogens (primary N) is 1. The quantitative estimate of drug-likeness (QED) is 0.746. The molecule has 1 amide bonds. The summed E-state index contributed by atoms with van der Waals surface area (Å²) >= 11 is 2.98. The van der Waals surface area contributed by atoms with E-state index in [1.54, 1.807) is 11.8 Å². The number of amides is 1. The molecule has 1 atom stereocenters. The smallest absolute Gasteiger partial charge is 0.265 e. The number of aromatic nitrogens is 1. The maximum Gasteiger partial charge on any atom is 0.265 e. The summed E-state index contributed by atoms with van der Waals surface area (Å²) < 4.78 is 0. The molecular formula is C11H20N4OS2. The second kappa shape index (κ2) is 6.84. The van der Waals surface area contributed by atoms with Crippen molar-refractivity contribution in [3.8, 4) is 0 Å². The van der Waals surface area contributed by atoms with Crippen LogP contribution in [0.25, 0.3) is 0 Å². The summed E-state index contributed by atoms with van der Waals surface area (Å²) in [5, 5.41) is 6.74. The number of nitrogens with one attached hydrogen (secondary N) is 2. The van der Waals surface area contributed by atoms with Gasteiger partial charge in [-0.15, -0.1) is 0 Å². The molecule has 5 nitrogen and oxygen atoms in total. The molecule has 1 unspecified atom stereocenters. The minimum Gasteiger partial charge on any atom is -0.382 e. The highest BCUT2D eigenvalue weighted by Gasteiger charge is 2.17. The molecule has 1 aromatic rings. The predicted molar refractivity (Wildman–Crippen MR) is 80.6 cm³/mol. The highest BCUT2D eigenvalue weighted by molar-refractivity contribution is 7.98. The zero-order valence-corrected chi connectivity index (χ0v) is 12.7. The Labute approximate surface area is 116 Å². The number of hydrogen-bond acceptors (Lipinski definition) is 6. The Morgan fingerprint density at radius 2 is 2.17 bits per heavy atom. The van der Waals surface area contributed by atoms with Crippen LogP contribution in [0.15, 0.2) is 0 Å². The zero-order chi connectivity index (χ0) is 13.7. The number of carbonyl (C=O) groups excluding carboxylic acids is 1. The third kappa shape index (κ3) is 4.38. The molecule has 0 aromatic carbocycles. The maximum absolute atomic E-state index is 12.0. The van der Waals surface area contributed by atoms with E-state index in [4.69, 9.17) is 5.73 Å². The van der Waals surface area contributed by atoms with E-state index in [1.165, 1.54) is 11.3 Å². The van der Waals surface area contributed by atoms with Gasteiger partial charge in [0.1, 0.15) is 10.7 Å². The number of carbonyl (C=O) groups is 1. The van der Waals surface area contributed by atoms with Crippen LogP contribution in [0, 0.1) is 0 Å². The van der Waals surface area contributed by atoms with Crippen LogP contribution in [0.2, 0.25) is 0 Å². The van der Waals surface area contributed by atoms with Crippen LogP contribution < -0.4 is 16.4 Å². The van der Waals surface area contributed by atoms with Gasteiger partial charge in [0.2, 0.25) is 0 Å². The molecule has 18 heavy (non-hydrogen) atoms. The summed E-state index contributed by atoms with van der Waals surface area (Å²) in [4.78, 5) is 16.6. The normalized spacial score (nSPS) is 12.5. The lowest BCUT2D eigenvalue weighted by Gasteiger charge is -2.11. The lowest BCUT2D eigenvalue weighted by Crippen LogP contribution is -2.34. The minimum atomic E-state index is -0.150. The molecule has 0 radical (unpaired) electrons. The lowest BCUT2D eigenvalue weighted by molar-refractivity contribution is 0.0948. The largest absolute Gasteiger partial charge is 0.382 e. The lowest BCUT2D eigenvalue weighted by atomic mass is 10.3. The van der Waals surface area contributed by atoms with Gasteiger partial charge < -0.3 is 16.4 Å². The van der Waals surface area contributed by atoms with Gasteiger partial charge in [-0.1, -0.05) is 11.3 Å². The highest BCUT2D eigenvalue weighted by Crippen LogP contribution is 2.25. The van der Waals surface area contributed by atoms with Gasteiger partial charge in [-0.05, 0) is 27.0 Å². The Morgan fingerprint density at radius 1 is 1.50 bits per heavy atom. The first-order valence-electron chi connectivity index (χ1n) is 5.76. The van der Waals surface area contributed by atoms with Crippen molar-refractivity contribution in [2.24, 2.45) is 0 Å². The Hall–Kier alpha value is -0.950. The topological polar surface area (TPSA) is 80.0 Å². The third-order valence-corrected chi connectivity index (χ3v) is 3.90. The van der Waals surface area contributed by atoms with Crippen molar-refractivity contribution in [3.05, 3.63) is 4.88 Å². The fourth-order valence-corrected chi connectivity index (χ4v) is 2.90. The average molecular weight is 288 g/mol. The van der Waals surface area contributed by atoms with E-state index >= 15 is 0 Å². The maximum atomic E-state index is 12.0. The Balaban J connectivity index is 2.70. The van der Waals surface area contributed by atoms with Crippen molar-refractivity contribution in [1.82, 2.24) is 10.3 Å². The molecule has 4 N–H and O–H groups in total. The fraction of sp³-hybridized carbons (Fsp3) is 0.636. The van der Waals surface area contributed by atoms with E-state index in [0.717, 1.165) is 5.75 Å². The van der Waals surface area contributed by atoms with E-state index in [1.807, 2.05) is 27.0 Å². The average Bonchev–Trinajstić information content (AvgIpc) is 2.58. The van der Waals surface area contributed by atoms with Gasteiger partial charge >= 0.3 is 0 Å². The summed E-state index contributed by atoms with van der Waals surface area (Å²) in [6.45, 7) is 5.99. The highest BCUT2D eigenvalue weighted by atomic mass is 32.2. The van der Waals surface area contributed by atoms with Crippen molar-refractivity contribution in [3.63, 3.8) is 0 Å². The Bertz CT molecular complexity index is 406. The monoisotopic (exact) mass is 288 g/mol. The van der Waals surface area contributed by atoms with Crippen molar-refractivity contribution in [1.29, 1.82) is 0 Å². The summed E-state index contributed by atoms with van der Waals surface area (Å²) in [7, 11) is 0. The molecular weight excluding hydrogens is 268 g/mol. The fourth-order valence-electron chi connectivity index (χ4n) is 1.38. The zero-order valence-electron chi connectivity index (χ0n) is 11.1. The van der Waals surface area contributed by atoms with Crippen LogP contribution in [-0.4, -0.2) is 35.0 Å². The molecule has 1 heterocycles. The van der Waals surface area contributed by atoms with Crippen LogP contribution in [0.4, 0.5) is 10.9 Å². The number of thioether (sulfide) groups is 1. The third-order valence-electron chi connectivity index (χ3n) is 2.07. The first kappa shape index (κ1) is 15.1. The summed E-state index contributed by atoms with van der Waals surface area (Å²) in [6.07, 6.45) is 2.01. The molecule has 1 aromatic heterocycles. The van der Waals surface area contributed by atoms with Crippen LogP contribution in [0.5, 0.6) is 0 Å². The standard InChI is InChI=1S/C11H20N4OS2/c1-6(2)13-11-15-9(12)8(18-11)10(16)14-7(3)5-17-4/h6-7H,5,12H2,1-4H3,(H,13,15)(H,14,16). The molecule has 0 fully saturated rings. The van der Waals surface area contributed by atoms with Crippen molar-refractivity contribution >= 4 is 40.0 Å². The molecule has 0 spiro atoms. The summed E-state index contributed by atoms with van der Waals surface area (Å²) in [6, 6.07) is 0.386. The molecule has 7 heteroatoms. The summed E-state index contributed by atoms with van der Waals surface area (Å²) in [5.41, 5.74) is 5.76. The van der Waals surface area contributed by atoms with Gasteiger partial charge in [-0.3, -0.25) is 4.79 Å². The van der Waals surface area contributed by atoms with Gasteiger partial charge in [-0.2, -0.15) is 11.8 Å². The van der Waals surface area contributed by atoms with Crippen LogP contribution in [0.1, 0.15) is 30.4 Å². The van der Waals surface area contributed by atoms with Gasteiger partial charge in [-0.25, -0.2) is 4.98 Å². The second-order valence-corrected chi connectivity index (χ2v) is 6.27. The molecule has 1 rings (SSSR count). The predicted octanol–water partition coefficient (Wildman–Crippen LogP) is 2.03. The van der Waals surface area contributed by atoms with Crippen LogP contribution >= 0.6 is 23.1 Å². The molecule has 0 saturated heterocycles. The molecule has 0 saturated carbocycles. The minimum absolute atomic E-state index is 0.121.